The minimum Gasteiger partial charge on any atom is -0.441 e. The number of morpholine rings is 1. The van der Waals surface area contributed by atoms with E-state index in [0.29, 0.717) is 47.0 Å². The number of amides is 1. The molecule has 4 rings (SSSR count). The van der Waals surface area contributed by atoms with Crippen molar-refractivity contribution in [2.24, 2.45) is 5.73 Å². The zero-order valence-electron chi connectivity index (χ0n) is 17.8. The molecule has 0 spiro atoms. The van der Waals surface area contributed by atoms with Gasteiger partial charge in [-0.25, -0.2) is 4.98 Å². The fraction of sp³-hybridized carbons (Fsp3) is 0.333. The minimum atomic E-state index is -0.592. The molecular formula is C24H25Cl2N3O3. The third-order valence-electron chi connectivity index (χ3n) is 5.64. The maximum absolute atomic E-state index is 12.4. The number of carbonyl (C=O) groups excluding carboxylic acids is 1. The summed E-state index contributed by atoms with van der Waals surface area (Å²) in [5.74, 6) is 0.0450. The second-order valence-corrected chi connectivity index (χ2v) is 8.81. The summed E-state index contributed by atoms with van der Waals surface area (Å²) < 4.78 is 11.8. The average molecular weight is 474 g/mol. The first kappa shape index (κ1) is 22.8. The number of hydrogen-bond acceptors (Lipinski definition) is 5. The molecule has 32 heavy (non-hydrogen) atoms. The van der Waals surface area contributed by atoms with E-state index in [1.807, 2.05) is 49.4 Å². The zero-order valence-corrected chi connectivity index (χ0v) is 19.3. The second kappa shape index (κ2) is 10.0. The molecule has 1 saturated heterocycles. The molecule has 2 atom stereocenters. The Balaban J connectivity index is 1.46. The van der Waals surface area contributed by atoms with Crippen LogP contribution in [0.1, 0.15) is 29.4 Å². The van der Waals surface area contributed by atoms with Crippen LogP contribution in [0.2, 0.25) is 10.0 Å². The van der Waals surface area contributed by atoms with Gasteiger partial charge in [0.15, 0.2) is 0 Å². The topological polar surface area (TPSA) is 81.6 Å². The molecular weight excluding hydrogens is 449 g/mol. The Morgan fingerprint density at radius 2 is 2.00 bits per heavy atom. The molecule has 1 amide bonds. The largest absolute Gasteiger partial charge is 0.441 e. The molecule has 0 saturated carbocycles. The highest BCUT2D eigenvalue weighted by atomic mass is 35.5. The van der Waals surface area contributed by atoms with Crippen molar-refractivity contribution < 1.29 is 13.9 Å². The van der Waals surface area contributed by atoms with Crippen molar-refractivity contribution in [3.63, 3.8) is 0 Å². The molecule has 1 aliphatic heterocycles. The number of benzene rings is 2. The van der Waals surface area contributed by atoms with E-state index in [0.717, 1.165) is 24.2 Å². The van der Waals surface area contributed by atoms with E-state index in [1.165, 1.54) is 0 Å². The van der Waals surface area contributed by atoms with E-state index >= 15 is 0 Å². The van der Waals surface area contributed by atoms with Gasteiger partial charge in [-0.2, -0.15) is 0 Å². The van der Waals surface area contributed by atoms with Crippen LogP contribution < -0.4 is 5.73 Å². The molecule has 1 unspecified atom stereocenters. The van der Waals surface area contributed by atoms with Gasteiger partial charge in [-0.1, -0.05) is 47.5 Å². The number of aryl methyl sites for hydroxylation is 1. The summed E-state index contributed by atoms with van der Waals surface area (Å²) in [6, 6.07) is 15.2. The number of ether oxygens (including phenoxy) is 1. The van der Waals surface area contributed by atoms with Crippen molar-refractivity contribution >= 4 is 29.1 Å². The summed E-state index contributed by atoms with van der Waals surface area (Å²) in [4.78, 5) is 19.2. The quantitative estimate of drug-likeness (QED) is 0.531. The van der Waals surface area contributed by atoms with E-state index in [2.05, 4.69) is 9.88 Å². The lowest BCUT2D eigenvalue weighted by Crippen LogP contribution is -2.43. The molecule has 1 aromatic heterocycles. The SMILES string of the molecule is Cc1oc(-c2ccccc2)nc1C(C[C@H]1CN(Cc2ccc(Cl)c(Cl)c2)CCO1)C(N)=O. The highest BCUT2D eigenvalue weighted by Gasteiger charge is 2.31. The van der Waals surface area contributed by atoms with Gasteiger partial charge in [-0.3, -0.25) is 9.69 Å². The van der Waals surface area contributed by atoms with Crippen LogP contribution in [0.25, 0.3) is 11.5 Å². The molecule has 168 valence electrons. The first-order valence-corrected chi connectivity index (χ1v) is 11.3. The predicted molar refractivity (Wildman–Crippen MR) is 125 cm³/mol. The van der Waals surface area contributed by atoms with Crippen molar-refractivity contribution in [2.75, 3.05) is 19.7 Å². The molecule has 1 fully saturated rings. The Morgan fingerprint density at radius 1 is 1.22 bits per heavy atom. The fourth-order valence-electron chi connectivity index (χ4n) is 4.02. The van der Waals surface area contributed by atoms with Crippen LogP contribution in [0.15, 0.2) is 52.9 Å². The molecule has 6 nitrogen and oxygen atoms in total. The summed E-state index contributed by atoms with van der Waals surface area (Å²) in [5.41, 5.74) is 8.27. The van der Waals surface area contributed by atoms with E-state index < -0.39 is 11.8 Å². The summed E-state index contributed by atoms with van der Waals surface area (Å²) in [5, 5.41) is 1.08. The maximum atomic E-state index is 12.4. The number of aromatic nitrogens is 1. The molecule has 8 heteroatoms. The standard InChI is InChI=1S/C24H25Cl2N3O3/c1-15-22(28-24(32-15)17-5-3-2-4-6-17)19(23(27)30)12-18-14-29(9-10-31-18)13-16-7-8-20(25)21(26)11-16/h2-8,11,18-19H,9-10,12-14H2,1H3,(H2,27,30)/t18-,19?/m0/s1. The first-order valence-electron chi connectivity index (χ1n) is 10.5. The number of halogens is 2. The summed E-state index contributed by atoms with van der Waals surface area (Å²) in [6.07, 6.45) is 0.287. The Hall–Kier alpha value is -2.38. The van der Waals surface area contributed by atoms with Crippen molar-refractivity contribution in [3.05, 3.63) is 75.6 Å². The number of oxazole rings is 1. The van der Waals surface area contributed by atoms with Crippen LogP contribution in [0, 0.1) is 6.92 Å². The van der Waals surface area contributed by atoms with Crippen LogP contribution in [0.4, 0.5) is 0 Å². The summed E-state index contributed by atoms with van der Waals surface area (Å²) in [7, 11) is 0. The molecule has 2 aromatic carbocycles. The van der Waals surface area contributed by atoms with E-state index in [4.69, 9.17) is 38.1 Å². The van der Waals surface area contributed by atoms with Gasteiger partial charge < -0.3 is 14.9 Å². The van der Waals surface area contributed by atoms with Crippen LogP contribution in [0.5, 0.6) is 0 Å². The monoisotopic (exact) mass is 473 g/mol. The van der Waals surface area contributed by atoms with Gasteiger partial charge in [-0.05, 0) is 43.2 Å². The molecule has 0 radical (unpaired) electrons. The van der Waals surface area contributed by atoms with Crippen molar-refractivity contribution in [1.82, 2.24) is 9.88 Å². The van der Waals surface area contributed by atoms with Gasteiger partial charge in [0, 0.05) is 25.2 Å². The van der Waals surface area contributed by atoms with Crippen LogP contribution in [-0.2, 0) is 16.1 Å². The highest BCUT2D eigenvalue weighted by molar-refractivity contribution is 6.42. The molecule has 2 heterocycles. The second-order valence-electron chi connectivity index (χ2n) is 7.99. The normalized spacial score (nSPS) is 17.9. The van der Waals surface area contributed by atoms with Gasteiger partial charge >= 0.3 is 0 Å². The minimum absolute atomic E-state index is 0.153. The maximum Gasteiger partial charge on any atom is 0.226 e. The zero-order chi connectivity index (χ0) is 22.7. The molecule has 0 aliphatic carbocycles. The molecule has 0 bridgehead atoms. The predicted octanol–water partition coefficient (Wildman–Crippen LogP) is 4.82. The van der Waals surface area contributed by atoms with Gasteiger partial charge in [0.2, 0.25) is 11.8 Å². The Labute approximate surface area is 197 Å². The number of rotatable bonds is 7. The lowest BCUT2D eigenvalue weighted by atomic mass is 9.95. The van der Waals surface area contributed by atoms with Crippen molar-refractivity contribution in [3.8, 4) is 11.5 Å². The van der Waals surface area contributed by atoms with Gasteiger partial charge in [0.1, 0.15) is 5.76 Å². The number of carbonyl (C=O) groups is 1. The average Bonchev–Trinajstić information content (AvgIpc) is 3.16. The number of primary amides is 1. The van der Waals surface area contributed by atoms with E-state index in [9.17, 15) is 4.79 Å². The lowest BCUT2D eigenvalue weighted by molar-refractivity contribution is -0.121. The smallest absolute Gasteiger partial charge is 0.226 e. The fourth-order valence-corrected chi connectivity index (χ4v) is 4.34. The van der Waals surface area contributed by atoms with Crippen LogP contribution >= 0.6 is 23.2 Å². The van der Waals surface area contributed by atoms with Crippen LogP contribution in [0.3, 0.4) is 0 Å². The number of nitrogens with two attached hydrogens (primary N) is 1. The van der Waals surface area contributed by atoms with Gasteiger partial charge in [0.05, 0.1) is 34.4 Å². The van der Waals surface area contributed by atoms with Gasteiger partial charge in [0.25, 0.3) is 0 Å². The van der Waals surface area contributed by atoms with E-state index in [-0.39, 0.29) is 6.10 Å². The Kier molecular flexibility index (Phi) is 7.16. The van der Waals surface area contributed by atoms with E-state index in [1.54, 1.807) is 6.07 Å². The van der Waals surface area contributed by atoms with Crippen molar-refractivity contribution in [1.29, 1.82) is 0 Å². The molecule has 2 N–H and O–H groups in total. The molecule has 3 aromatic rings. The number of hydrogen-bond donors (Lipinski definition) is 1. The van der Waals surface area contributed by atoms with Gasteiger partial charge in [-0.15, -0.1) is 0 Å². The lowest BCUT2D eigenvalue weighted by Gasteiger charge is -2.34. The first-order chi connectivity index (χ1) is 15.4. The third-order valence-corrected chi connectivity index (χ3v) is 6.38. The van der Waals surface area contributed by atoms with Crippen molar-refractivity contribution in [2.45, 2.75) is 31.9 Å². The summed E-state index contributed by atoms with van der Waals surface area (Å²) >= 11 is 12.2. The number of nitrogens with zero attached hydrogens (tertiary/aromatic N) is 2. The molecule has 1 aliphatic rings. The summed E-state index contributed by atoms with van der Waals surface area (Å²) in [6.45, 7) is 4.57. The Morgan fingerprint density at radius 3 is 2.72 bits per heavy atom. The Bertz CT molecular complexity index is 1090. The highest BCUT2D eigenvalue weighted by Crippen LogP contribution is 2.30. The third kappa shape index (κ3) is 5.33. The van der Waals surface area contributed by atoms with Crippen LogP contribution in [-0.4, -0.2) is 41.6 Å².